The molecule has 1 N–H and O–H groups in total. The second-order valence-electron chi connectivity index (χ2n) is 8.32. The lowest BCUT2D eigenvalue weighted by Gasteiger charge is -2.12. The second-order valence-corrected chi connectivity index (χ2v) is 11.0. The highest BCUT2D eigenvalue weighted by atomic mass is 35.5. The molecule has 11 heteroatoms. The quantitative estimate of drug-likeness (QED) is 0.196. The molecule has 0 radical (unpaired) electrons. The molecule has 0 aliphatic rings. The average molecular weight is 582 g/mol. The van der Waals surface area contributed by atoms with E-state index in [-0.39, 0.29) is 5.91 Å². The summed E-state index contributed by atoms with van der Waals surface area (Å²) in [6, 6.07) is 17.3. The van der Waals surface area contributed by atoms with E-state index in [2.05, 4.69) is 49.1 Å². The highest BCUT2D eigenvalue weighted by molar-refractivity contribution is 7.98. The van der Waals surface area contributed by atoms with E-state index in [9.17, 15) is 4.79 Å². The van der Waals surface area contributed by atoms with Gasteiger partial charge in [0, 0.05) is 39.9 Å². The first-order chi connectivity index (χ1) is 18.5. The first-order valence-electron chi connectivity index (χ1n) is 11.7. The number of halogens is 2. The number of nitrogens with one attached hydrogen (secondary N) is 1. The molecule has 1 amide bonds. The van der Waals surface area contributed by atoms with Crippen molar-refractivity contribution in [2.75, 3.05) is 6.54 Å². The van der Waals surface area contributed by atoms with Crippen molar-refractivity contribution in [3.05, 3.63) is 104 Å². The maximum Gasteiger partial charge on any atom is 0.270 e. The van der Waals surface area contributed by atoms with Crippen LogP contribution >= 0.6 is 46.3 Å². The topological polar surface area (TPSA) is 85.6 Å². The number of thioether (sulfide) groups is 1. The minimum absolute atomic E-state index is 0.217. The minimum atomic E-state index is -0.217. The van der Waals surface area contributed by atoms with E-state index in [1.807, 2.05) is 30.3 Å². The van der Waals surface area contributed by atoms with Gasteiger partial charge in [-0.15, -0.1) is 21.5 Å². The Kier molecular flexibility index (Phi) is 8.38. The maximum absolute atomic E-state index is 12.6. The number of carbonyl (C=O) groups excluding carboxylic acids is 1. The van der Waals surface area contributed by atoms with E-state index >= 15 is 0 Å². The number of nitrogens with zero attached hydrogens (tertiary/aromatic N) is 5. The van der Waals surface area contributed by atoms with Crippen LogP contribution in [0.15, 0.2) is 77.5 Å². The molecule has 5 aromatic rings. The largest absolute Gasteiger partial charge is 0.350 e. The number of aromatic nitrogens is 5. The lowest BCUT2D eigenvalue weighted by atomic mass is 10.1. The molecule has 0 saturated carbocycles. The second kappa shape index (κ2) is 12.1. The van der Waals surface area contributed by atoms with Gasteiger partial charge in [-0.05, 0) is 54.8 Å². The summed E-state index contributed by atoms with van der Waals surface area (Å²) in [4.78, 5) is 21.3. The lowest BCUT2D eigenvalue weighted by molar-refractivity contribution is 0.0949. The molecule has 0 saturated heterocycles. The Bertz CT molecular complexity index is 1570. The van der Waals surface area contributed by atoms with Crippen molar-refractivity contribution < 1.29 is 4.79 Å². The number of benzene rings is 2. The number of thiazole rings is 1. The standard InChI is InChI=1S/C27H22Cl2N6OS2/c1-17-4-2-3-5-23(17)35-25(19-8-11-30-12-9-19)33-34-27(35)38-16-24-32-22(15-37-24)26(36)31-13-10-18-6-7-20(28)14-21(18)29/h2-9,11-12,14-15H,10,13,16H2,1H3,(H,31,36). The Labute approximate surface area is 238 Å². The van der Waals surface area contributed by atoms with Crippen LogP contribution in [0.5, 0.6) is 0 Å². The summed E-state index contributed by atoms with van der Waals surface area (Å²) in [5, 5.41) is 16.4. The zero-order valence-corrected chi connectivity index (χ0v) is 23.4. The summed E-state index contributed by atoms with van der Waals surface area (Å²) in [6.07, 6.45) is 4.08. The van der Waals surface area contributed by atoms with Gasteiger partial charge in [-0.3, -0.25) is 14.3 Å². The Morgan fingerprint density at radius 3 is 2.68 bits per heavy atom. The normalized spacial score (nSPS) is 11.0. The number of carbonyl (C=O) groups is 1. The minimum Gasteiger partial charge on any atom is -0.350 e. The van der Waals surface area contributed by atoms with Crippen LogP contribution in [0.1, 0.15) is 26.6 Å². The number of amides is 1. The lowest BCUT2D eigenvalue weighted by Crippen LogP contribution is -2.26. The molecule has 3 aromatic heterocycles. The van der Waals surface area contributed by atoms with E-state index in [4.69, 9.17) is 23.2 Å². The third-order valence-corrected chi connectivity index (χ3v) is 8.29. The molecule has 192 valence electrons. The molecule has 38 heavy (non-hydrogen) atoms. The van der Waals surface area contributed by atoms with E-state index < -0.39 is 0 Å². The van der Waals surface area contributed by atoms with Crippen LogP contribution in [-0.4, -0.2) is 37.2 Å². The number of hydrogen-bond donors (Lipinski definition) is 1. The summed E-state index contributed by atoms with van der Waals surface area (Å²) in [7, 11) is 0. The van der Waals surface area contributed by atoms with Crippen LogP contribution in [0, 0.1) is 6.92 Å². The number of rotatable bonds is 9. The molecule has 0 atom stereocenters. The molecular weight excluding hydrogens is 559 g/mol. The van der Waals surface area contributed by atoms with Crippen LogP contribution < -0.4 is 5.32 Å². The van der Waals surface area contributed by atoms with Gasteiger partial charge in [-0.2, -0.15) is 0 Å². The fourth-order valence-corrected chi connectivity index (χ4v) is 6.06. The molecule has 3 heterocycles. The first kappa shape index (κ1) is 26.4. The first-order valence-corrected chi connectivity index (χ1v) is 14.3. The van der Waals surface area contributed by atoms with Crippen molar-refractivity contribution in [3.8, 4) is 17.1 Å². The predicted molar refractivity (Wildman–Crippen MR) is 154 cm³/mol. The number of hydrogen-bond acceptors (Lipinski definition) is 7. The van der Waals surface area contributed by atoms with Gasteiger partial charge in [0.25, 0.3) is 5.91 Å². The smallest absolute Gasteiger partial charge is 0.270 e. The van der Waals surface area contributed by atoms with E-state index in [1.165, 1.54) is 23.1 Å². The SMILES string of the molecule is Cc1ccccc1-n1c(SCc2nc(C(=O)NCCc3ccc(Cl)cc3Cl)cs2)nnc1-c1ccncc1. The molecule has 2 aromatic carbocycles. The third-order valence-electron chi connectivity index (χ3n) is 5.73. The van der Waals surface area contributed by atoms with Gasteiger partial charge in [0.15, 0.2) is 11.0 Å². The van der Waals surface area contributed by atoms with E-state index in [1.54, 1.807) is 29.9 Å². The number of para-hydroxylation sites is 1. The van der Waals surface area contributed by atoms with Crippen LogP contribution in [0.2, 0.25) is 10.0 Å². The summed E-state index contributed by atoms with van der Waals surface area (Å²) in [5.41, 5.74) is 4.36. The van der Waals surface area contributed by atoms with E-state index in [0.717, 1.165) is 38.4 Å². The molecule has 0 unspecified atom stereocenters. The van der Waals surface area contributed by atoms with Crippen LogP contribution in [-0.2, 0) is 12.2 Å². The van der Waals surface area contributed by atoms with Gasteiger partial charge >= 0.3 is 0 Å². The zero-order chi connectivity index (χ0) is 26.5. The third kappa shape index (κ3) is 6.07. The van der Waals surface area contributed by atoms with Gasteiger partial charge in [-0.25, -0.2) is 4.98 Å². The monoisotopic (exact) mass is 580 g/mol. The van der Waals surface area contributed by atoms with E-state index in [0.29, 0.717) is 34.5 Å². The highest BCUT2D eigenvalue weighted by Gasteiger charge is 2.18. The summed E-state index contributed by atoms with van der Waals surface area (Å²) < 4.78 is 2.05. The Morgan fingerprint density at radius 2 is 1.89 bits per heavy atom. The van der Waals surface area contributed by atoms with Crippen molar-refractivity contribution in [2.45, 2.75) is 24.3 Å². The predicted octanol–water partition coefficient (Wildman–Crippen LogP) is 6.67. The summed E-state index contributed by atoms with van der Waals surface area (Å²) in [6.45, 7) is 2.51. The molecule has 0 aliphatic carbocycles. The molecule has 7 nitrogen and oxygen atoms in total. The molecule has 0 aliphatic heterocycles. The Balaban J connectivity index is 1.27. The van der Waals surface area contributed by atoms with Crippen molar-refractivity contribution >= 4 is 52.2 Å². The van der Waals surface area contributed by atoms with Gasteiger partial charge < -0.3 is 5.32 Å². The number of aryl methyl sites for hydroxylation is 1. The van der Waals surface area contributed by atoms with Crippen molar-refractivity contribution in [3.63, 3.8) is 0 Å². The van der Waals surface area contributed by atoms with Crippen LogP contribution in [0.25, 0.3) is 17.1 Å². The van der Waals surface area contributed by atoms with Gasteiger partial charge in [0.2, 0.25) is 0 Å². The van der Waals surface area contributed by atoms with Gasteiger partial charge in [0.05, 0.1) is 11.4 Å². The Morgan fingerprint density at radius 1 is 1.08 bits per heavy atom. The molecule has 5 rings (SSSR count). The molecular formula is C27H22Cl2N6OS2. The summed E-state index contributed by atoms with van der Waals surface area (Å²) >= 11 is 15.1. The fourth-order valence-electron chi connectivity index (χ4n) is 3.82. The molecule has 0 bridgehead atoms. The van der Waals surface area contributed by atoms with Crippen LogP contribution in [0.4, 0.5) is 0 Å². The van der Waals surface area contributed by atoms with Gasteiger partial charge in [-0.1, -0.05) is 59.2 Å². The van der Waals surface area contributed by atoms with Gasteiger partial charge in [0.1, 0.15) is 10.7 Å². The maximum atomic E-state index is 12.6. The zero-order valence-electron chi connectivity index (χ0n) is 20.3. The average Bonchev–Trinajstić information content (AvgIpc) is 3.57. The summed E-state index contributed by atoms with van der Waals surface area (Å²) in [5.74, 6) is 1.08. The number of pyridine rings is 1. The van der Waals surface area contributed by atoms with Crippen molar-refractivity contribution in [1.82, 2.24) is 30.0 Å². The van der Waals surface area contributed by atoms with Crippen LogP contribution in [0.3, 0.4) is 0 Å². The molecule has 0 fully saturated rings. The van der Waals surface area contributed by atoms with Crippen molar-refractivity contribution in [1.29, 1.82) is 0 Å². The highest BCUT2D eigenvalue weighted by Crippen LogP contribution is 2.31. The molecule has 0 spiro atoms. The Hall–Kier alpha value is -3.24. The fraction of sp³-hybridized carbons (Fsp3) is 0.148. The van der Waals surface area contributed by atoms with Crippen molar-refractivity contribution in [2.24, 2.45) is 0 Å².